The summed E-state index contributed by atoms with van der Waals surface area (Å²) in [5, 5.41) is 3.05. The molecule has 2 heterocycles. The Bertz CT molecular complexity index is 592. The normalized spacial score (nSPS) is 11.9. The average molecular weight is 341 g/mol. The van der Waals surface area contributed by atoms with Crippen LogP contribution in [0.2, 0.25) is 5.15 Å². The van der Waals surface area contributed by atoms with E-state index < -0.39 is 0 Å². The Morgan fingerprint density at radius 2 is 2.11 bits per heavy atom. The van der Waals surface area contributed by atoms with Crippen LogP contribution in [-0.4, -0.2) is 15.9 Å². The van der Waals surface area contributed by atoms with Gasteiger partial charge in [0.1, 0.15) is 5.15 Å². The Morgan fingerprint density at radius 1 is 1.42 bits per heavy atom. The van der Waals surface area contributed by atoms with Gasteiger partial charge in [-0.15, -0.1) is 0 Å². The molecule has 0 aliphatic carbocycles. The number of carbonyl (C=O) groups is 1. The summed E-state index contributed by atoms with van der Waals surface area (Å²) in [6.45, 7) is 1.90. The molecule has 1 unspecified atom stereocenters. The number of hydrogen-bond acceptors (Lipinski definition) is 3. The van der Waals surface area contributed by atoms with E-state index in [1.807, 2.05) is 19.1 Å². The first kappa shape index (κ1) is 14.0. The van der Waals surface area contributed by atoms with Crippen LogP contribution < -0.4 is 5.32 Å². The first-order chi connectivity index (χ1) is 9.08. The molecule has 0 saturated carbocycles. The van der Waals surface area contributed by atoms with Crippen LogP contribution in [0.4, 0.5) is 0 Å². The fourth-order valence-electron chi connectivity index (χ4n) is 1.59. The number of pyridine rings is 2. The second kappa shape index (κ2) is 6.12. The van der Waals surface area contributed by atoms with Gasteiger partial charge in [-0.2, -0.15) is 0 Å². The van der Waals surface area contributed by atoms with Crippen molar-refractivity contribution >= 4 is 33.4 Å². The number of halogens is 2. The largest absolute Gasteiger partial charge is 0.345 e. The van der Waals surface area contributed by atoms with Crippen molar-refractivity contribution in [1.82, 2.24) is 15.3 Å². The molecule has 0 aliphatic rings. The maximum atomic E-state index is 12.1. The molecule has 0 bridgehead atoms. The van der Waals surface area contributed by atoms with E-state index in [1.165, 1.54) is 0 Å². The minimum atomic E-state index is -0.261. The molecule has 2 aromatic heterocycles. The standard InChI is InChI=1S/C13H11BrClN3O/c1-8(9-2-4-16-5-3-9)18-13(19)11-6-10(14)7-17-12(11)15/h2-8H,1H3,(H,18,19). The molecule has 4 nitrogen and oxygen atoms in total. The van der Waals surface area contributed by atoms with Crippen LogP contribution in [0.5, 0.6) is 0 Å². The summed E-state index contributed by atoms with van der Waals surface area (Å²) in [5.74, 6) is -0.261. The first-order valence-electron chi connectivity index (χ1n) is 5.60. The van der Waals surface area contributed by atoms with Crippen molar-refractivity contribution in [2.24, 2.45) is 0 Å². The predicted octanol–water partition coefficient (Wildman–Crippen LogP) is 3.38. The second-order valence-corrected chi connectivity index (χ2v) is 5.24. The van der Waals surface area contributed by atoms with Crippen LogP contribution >= 0.6 is 27.5 Å². The van der Waals surface area contributed by atoms with E-state index in [1.54, 1.807) is 24.7 Å². The van der Waals surface area contributed by atoms with Gasteiger partial charge in [0.15, 0.2) is 0 Å². The maximum Gasteiger partial charge on any atom is 0.254 e. The summed E-state index contributed by atoms with van der Waals surface area (Å²) in [6.07, 6.45) is 4.92. The van der Waals surface area contributed by atoms with E-state index in [0.29, 0.717) is 10.0 Å². The average Bonchev–Trinajstić information content (AvgIpc) is 2.42. The molecular weight excluding hydrogens is 330 g/mol. The molecule has 0 aromatic carbocycles. The number of hydrogen-bond donors (Lipinski definition) is 1. The zero-order valence-electron chi connectivity index (χ0n) is 10.1. The van der Waals surface area contributed by atoms with Crippen molar-refractivity contribution < 1.29 is 4.79 Å². The molecule has 2 rings (SSSR count). The third-order valence-electron chi connectivity index (χ3n) is 2.60. The monoisotopic (exact) mass is 339 g/mol. The molecule has 1 amide bonds. The number of aromatic nitrogens is 2. The highest BCUT2D eigenvalue weighted by molar-refractivity contribution is 9.10. The van der Waals surface area contributed by atoms with Gasteiger partial charge in [-0.3, -0.25) is 9.78 Å². The van der Waals surface area contributed by atoms with Gasteiger partial charge >= 0.3 is 0 Å². The molecule has 1 atom stereocenters. The van der Waals surface area contributed by atoms with Crippen molar-refractivity contribution in [2.45, 2.75) is 13.0 Å². The van der Waals surface area contributed by atoms with Gasteiger partial charge in [-0.05, 0) is 46.6 Å². The number of carbonyl (C=O) groups excluding carboxylic acids is 1. The summed E-state index contributed by atoms with van der Waals surface area (Å²) in [5.41, 5.74) is 1.32. The van der Waals surface area contributed by atoms with Crippen LogP contribution in [-0.2, 0) is 0 Å². The molecule has 98 valence electrons. The molecular formula is C13H11BrClN3O. The fraction of sp³-hybridized carbons (Fsp3) is 0.154. The summed E-state index contributed by atoms with van der Waals surface area (Å²) < 4.78 is 0.707. The summed E-state index contributed by atoms with van der Waals surface area (Å²) in [7, 11) is 0. The molecule has 19 heavy (non-hydrogen) atoms. The van der Waals surface area contributed by atoms with Gasteiger partial charge in [-0.25, -0.2) is 4.98 Å². The molecule has 6 heteroatoms. The van der Waals surface area contributed by atoms with Crippen molar-refractivity contribution in [3.63, 3.8) is 0 Å². The number of nitrogens with one attached hydrogen (secondary N) is 1. The van der Waals surface area contributed by atoms with Crippen LogP contribution in [0.1, 0.15) is 28.9 Å². The van der Waals surface area contributed by atoms with E-state index in [2.05, 4.69) is 31.2 Å². The smallest absolute Gasteiger partial charge is 0.254 e. The Morgan fingerprint density at radius 3 is 2.79 bits per heavy atom. The lowest BCUT2D eigenvalue weighted by Gasteiger charge is -2.14. The second-order valence-electron chi connectivity index (χ2n) is 3.97. The highest BCUT2D eigenvalue weighted by atomic mass is 79.9. The van der Waals surface area contributed by atoms with Crippen LogP contribution in [0, 0.1) is 0 Å². The zero-order chi connectivity index (χ0) is 13.8. The van der Waals surface area contributed by atoms with Crippen LogP contribution in [0.3, 0.4) is 0 Å². The minimum absolute atomic E-state index is 0.134. The molecule has 0 spiro atoms. The highest BCUT2D eigenvalue weighted by Gasteiger charge is 2.15. The van der Waals surface area contributed by atoms with Gasteiger partial charge in [0.05, 0.1) is 11.6 Å². The predicted molar refractivity (Wildman–Crippen MR) is 77.1 cm³/mol. The Kier molecular flexibility index (Phi) is 4.50. The molecule has 0 aliphatic heterocycles. The third kappa shape index (κ3) is 3.52. The Hall–Kier alpha value is -1.46. The highest BCUT2D eigenvalue weighted by Crippen LogP contribution is 2.19. The molecule has 1 N–H and O–H groups in total. The van der Waals surface area contributed by atoms with E-state index in [9.17, 15) is 4.79 Å². The fourth-order valence-corrected chi connectivity index (χ4v) is 2.11. The summed E-state index contributed by atoms with van der Waals surface area (Å²) in [4.78, 5) is 20.0. The summed E-state index contributed by atoms with van der Waals surface area (Å²) in [6, 6.07) is 5.21. The SMILES string of the molecule is CC(NC(=O)c1cc(Br)cnc1Cl)c1ccncc1. The van der Waals surface area contributed by atoms with Crippen LogP contribution in [0.15, 0.2) is 41.3 Å². The molecule has 2 aromatic rings. The van der Waals surface area contributed by atoms with Crippen molar-refractivity contribution in [3.8, 4) is 0 Å². The van der Waals surface area contributed by atoms with Gasteiger partial charge in [0, 0.05) is 23.1 Å². The van der Waals surface area contributed by atoms with Crippen molar-refractivity contribution in [3.05, 3.63) is 57.5 Å². The van der Waals surface area contributed by atoms with E-state index in [-0.39, 0.29) is 17.1 Å². The Labute approximate surface area is 124 Å². The number of rotatable bonds is 3. The van der Waals surface area contributed by atoms with Gasteiger partial charge in [0.25, 0.3) is 5.91 Å². The van der Waals surface area contributed by atoms with E-state index >= 15 is 0 Å². The third-order valence-corrected chi connectivity index (χ3v) is 3.34. The maximum absolute atomic E-state index is 12.1. The van der Waals surface area contributed by atoms with Crippen molar-refractivity contribution in [1.29, 1.82) is 0 Å². The van der Waals surface area contributed by atoms with Gasteiger partial charge < -0.3 is 5.32 Å². The summed E-state index contributed by atoms with van der Waals surface area (Å²) >= 11 is 9.18. The van der Waals surface area contributed by atoms with Crippen molar-refractivity contribution in [2.75, 3.05) is 0 Å². The number of nitrogens with zero attached hydrogens (tertiary/aromatic N) is 2. The van der Waals surface area contributed by atoms with E-state index in [4.69, 9.17) is 11.6 Å². The minimum Gasteiger partial charge on any atom is -0.345 e. The molecule has 0 fully saturated rings. The first-order valence-corrected chi connectivity index (χ1v) is 6.77. The molecule has 0 saturated heterocycles. The van der Waals surface area contributed by atoms with Gasteiger partial charge in [-0.1, -0.05) is 11.6 Å². The Balaban J connectivity index is 2.15. The lowest BCUT2D eigenvalue weighted by atomic mass is 10.1. The lowest BCUT2D eigenvalue weighted by Crippen LogP contribution is -2.27. The zero-order valence-corrected chi connectivity index (χ0v) is 12.4. The topological polar surface area (TPSA) is 54.9 Å². The van der Waals surface area contributed by atoms with Crippen LogP contribution in [0.25, 0.3) is 0 Å². The van der Waals surface area contributed by atoms with Gasteiger partial charge in [0.2, 0.25) is 0 Å². The quantitative estimate of drug-likeness (QED) is 0.872. The molecule has 0 radical (unpaired) electrons. The van der Waals surface area contributed by atoms with E-state index in [0.717, 1.165) is 5.56 Å². The number of amides is 1. The lowest BCUT2D eigenvalue weighted by molar-refractivity contribution is 0.0939.